The molecule has 0 fully saturated rings. The third kappa shape index (κ3) is 6.25. The van der Waals surface area contributed by atoms with Crippen molar-refractivity contribution in [2.45, 2.75) is 38.9 Å². The summed E-state index contributed by atoms with van der Waals surface area (Å²) in [5.41, 5.74) is -0.818. The molecule has 1 atom stereocenters. The SMILES string of the molecule is CCOP(=S)(OCC)SCSC(C)(CC)c1ccccc1. The van der Waals surface area contributed by atoms with E-state index in [0.717, 1.165) is 11.5 Å². The number of hydrogen-bond donors (Lipinski definition) is 0. The van der Waals surface area contributed by atoms with E-state index in [9.17, 15) is 0 Å². The Morgan fingerprint density at radius 1 is 1.10 bits per heavy atom. The summed E-state index contributed by atoms with van der Waals surface area (Å²) < 4.78 is 11.5. The van der Waals surface area contributed by atoms with Crippen molar-refractivity contribution in [1.29, 1.82) is 0 Å². The minimum atomic E-state index is -2.18. The highest BCUT2D eigenvalue weighted by molar-refractivity contribution is 8.69. The van der Waals surface area contributed by atoms with E-state index < -0.39 is 5.69 Å². The Bertz CT molecular complexity index is 445. The Hall–Kier alpha value is 0.490. The summed E-state index contributed by atoms with van der Waals surface area (Å²) in [7, 11) is 0. The monoisotopic (exact) mass is 364 g/mol. The van der Waals surface area contributed by atoms with Gasteiger partial charge in [-0.25, -0.2) is 0 Å². The van der Waals surface area contributed by atoms with Gasteiger partial charge in [-0.05, 0) is 44.6 Å². The highest BCUT2D eigenvalue weighted by Gasteiger charge is 2.27. The second-order valence-corrected chi connectivity index (χ2v) is 12.8. The lowest BCUT2D eigenvalue weighted by Crippen LogP contribution is -2.16. The summed E-state index contributed by atoms with van der Waals surface area (Å²) in [5, 5.41) is 0.885. The zero-order chi connectivity index (χ0) is 15.8. The minimum Gasteiger partial charge on any atom is -0.322 e. The maximum atomic E-state index is 5.68. The van der Waals surface area contributed by atoms with Crippen LogP contribution in [-0.2, 0) is 25.6 Å². The van der Waals surface area contributed by atoms with Gasteiger partial charge in [-0.15, -0.1) is 11.8 Å². The fourth-order valence-electron chi connectivity index (χ4n) is 1.83. The van der Waals surface area contributed by atoms with Crippen LogP contribution in [0.5, 0.6) is 0 Å². The van der Waals surface area contributed by atoms with Crippen molar-refractivity contribution in [1.82, 2.24) is 0 Å². The summed E-state index contributed by atoms with van der Waals surface area (Å²) in [5.74, 6) is 0. The largest absolute Gasteiger partial charge is 0.322 e. The number of hydrogen-bond acceptors (Lipinski definition) is 5. The van der Waals surface area contributed by atoms with Crippen molar-refractivity contribution in [2.75, 3.05) is 18.3 Å². The van der Waals surface area contributed by atoms with Gasteiger partial charge in [0.05, 0.1) is 13.2 Å². The molecule has 0 spiro atoms. The lowest BCUT2D eigenvalue weighted by atomic mass is 9.98. The lowest BCUT2D eigenvalue weighted by molar-refractivity contribution is 0.280. The normalized spacial score (nSPS) is 14.9. The average molecular weight is 365 g/mol. The maximum absolute atomic E-state index is 5.68. The van der Waals surface area contributed by atoms with Crippen LogP contribution < -0.4 is 0 Å². The lowest BCUT2D eigenvalue weighted by Gasteiger charge is -2.29. The number of rotatable bonds is 10. The molecule has 0 amide bonds. The van der Waals surface area contributed by atoms with E-state index in [1.54, 1.807) is 11.4 Å². The highest BCUT2D eigenvalue weighted by Crippen LogP contribution is 2.62. The second-order valence-electron chi connectivity index (χ2n) is 4.62. The second kappa shape index (κ2) is 9.59. The van der Waals surface area contributed by atoms with Crippen LogP contribution in [0.3, 0.4) is 0 Å². The quantitative estimate of drug-likeness (QED) is 0.371. The van der Waals surface area contributed by atoms with E-state index in [1.165, 1.54) is 5.56 Å². The van der Waals surface area contributed by atoms with Gasteiger partial charge in [0.25, 0.3) is 0 Å². The van der Waals surface area contributed by atoms with Gasteiger partial charge in [-0.1, -0.05) is 48.6 Å². The van der Waals surface area contributed by atoms with Crippen molar-refractivity contribution in [3.63, 3.8) is 0 Å². The van der Waals surface area contributed by atoms with E-state index in [4.69, 9.17) is 20.9 Å². The third-order valence-electron chi connectivity index (χ3n) is 3.22. The first-order valence-electron chi connectivity index (χ1n) is 7.22. The van der Waals surface area contributed by atoms with Gasteiger partial charge in [-0.3, -0.25) is 0 Å². The van der Waals surface area contributed by atoms with Crippen LogP contribution in [0.2, 0.25) is 0 Å². The molecule has 0 saturated carbocycles. The van der Waals surface area contributed by atoms with Crippen LogP contribution in [0.25, 0.3) is 0 Å². The summed E-state index contributed by atoms with van der Waals surface area (Å²) in [4.78, 5) is 0. The molecule has 6 heteroatoms. The minimum absolute atomic E-state index is 0.104. The first kappa shape index (κ1) is 19.5. The Morgan fingerprint density at radius 2 is 1.67 bits per heavy atom. The van der Waals surface area contributed by atoms with Crippen LogP contribution in [0.1, 0.15) is 39.7 Å². The molecular weight excluding hydrogens is 339 g/mol. The van der Waals surface area contributed by atoms with E-state index in [0.29, 0.717) is 13.2 Å². The van der Waals surface area contributed by atoms with Crippen LogP contribution >= 0.6 is 28.8 Å². The van der Waals surface area contributed by atoms with Crippen LogP contribution in [0, 0.1) is 0 Å². The van der Waals surface area contributed by atoms with Gasteiger partial charge >= 0.3 is 0 Å². The zero-order valence-electron chi connectivity index (χ0n) is 13.2. The smallest absolute Gasteiger partial charge is 0.248 e. The van der Waals surface area contributed by atoms with E-state index in [-0.39, 0.29) is 4.75 Å². The van der Waals surface area contributed by atoms with Gasteiger partial charge in [0.15, 0.2) is 0 Å². The molecule has 0 radical (unpaired) electrons. The van der Waals surface area contributed by atoms with E-state index in [2.05, 4.69) is 44.2 Å². The van der Waals surface area contributed by atoms with Crippen LogP contribution in [0.15, 0.2) is 30.3 Å². The Balaban J connectivity index is 2.65. The molecule has 21 heavy (non-hydrogen) atoms. The van der Waals surface area contributed by atoms with Crippen molar-refractivity contribution in [3.05, 3.63) is 35.9 Å². The van der Waals surface area contributed by atoms with Crippen LogP contribution in [-0.4, -0.2) is 18.3 Å². The van der Waals surface area contributed by atoms with Crippen molar-refractivity contribution >= 4 is 40.6 Å². The van der Waals surface area contributed by atoms with Gasteiger partial charge < -0.3 is 9.05 Å². The molecule has 0 aliphatic heterocycles. The van der Waals surface area contributed by atoms with Gasteiger partial charge in [0.1, 0.15) is 0 Å². The van der Waals surface area contributed by atoms with E-state index in [1.807, 2.05) is 25.6 Å². The number of benzene rings is 1. The van der Waals surface area contributed by atoms with Gasteiger partial charge in [0, 0.05) is 9.83 Å². The fraction of sp³-hybridized carbons (Fsp3) is 0.600. The maximum Gasteiger partial charge on any atom is 0.248 e. The molecule has 0 saturated heterocycles. The van der Waals surface area contributed by atoms with Crippen LogP contribution in [0.4, 0.5) is 0 Å². The molecule has 1 aromatic carbocycles. The molecule has 0 N–H and O–H groups in total. The molecule has 1 rings (SSSR count). The first-order valence-corrected chi connectivity index (χ1v) is 12.4. The predicted octanol–water partition coefficient (Wildman–Crippen LogP) is 6.03. The molecule has 0 bridgehead atoms. The summed E-state index contributed by atoms with van der Waals surface area (Å²) in [6, 6.07) is 10.6. The van der Waals surface area contributed by atoms with Crippen molar-refractivity contribution < 1.29 is 9.05 Å². The predicted molar refractivity (Wildman–Crippen MR) is 102 cm³/mol. The van der Waals surface area contributed by atoms with Gasteiger partial charge in [-0.2, -0.15) is 0 Å². The van der Waals surface area contributed by atoms with E-state index >= 15 is 0 Å². The molecule has 0 aromatic heterocycles. The Labute approximate surface area is 142 Å². The average Bonchev–Trinajstić information content (AvgIpc) is 2.48. The zero-order valence-corrected chi connectivity index (χ0v) is 16.5. The van der Waals surface area contributed by atoms with Gasteiger partial charge in [0.2, 0.25) is 5.69 Å². The summed E-state index contributed by atoms with van der Waals surface area (Å²) in [6.07, 6.45) is 1.08. The molecular formula is C15H25O2PS3. The summed E-state index contributed by atoms with van der Waals surface area (Å²) in [6.45, 7) is 9.67. The molecule has 2 nitrogen and oxygen atoms in total. The number of thioether (sulfide) groups is 1. The van der Waals surface area contributed by atoms with Crippen molar-refractivity contribution in [3.8, 4) is 0 Å². The molecule has 120 valence electrons. The Kier molecular flexibility index (Phi) is 8.92. The van der Waals surface area contributed by atoms with Crippen molar-refractivity contribution in [2.24, 2.45) is 0 Å². The Morgan fingerprint density at radius 3 is 2.14 bits per heavy atom. The fourth-order valence-corrected chi connectivity index (χ4v) is 9.47. The molecule has 0 heterocycles. The topological polar surface area (TPSA) is 18.5 Å². The third-order valence-corrected chi connectivity index (χ3v) is 10.9. The summed E-state index contributed by atoms with van der Waals surface area (Å²) >= 11 is 9.13. The molecule has 0 aliphatic carbocycles. The molecule has 0 aliphatic rings. The molecule has 1 unspecified atom stereocenters. The highest BCUT2D eigenvalue weighted by atomic mass is 32.9. The molecule has 1 aromatic rings. The first-order chi connectivity index (χ1) is 9.99. The standard InChI is InChI=1S/C15H25O2PS3/c1-5-15(4,14-11-9-8-10-12-14)20-13-21-18(19,16-6-2)17-7-3/h8-12H,5-7,13H2,1-4H3.